The molecular weight excluding hydrogens is 294 g/mol. The van der Waals surface area contributed by atoms with Crippen molar-refractivity contribution in [3.63, 3.8) is 0 Å². The van der Waals surface area contributed by atoms with Crippen molar-refractivity contribution in [3.05, 3.63) is 29.8 Å². The van der Waals surface area contributed by atoms with Gasteiger partial charge in [0.15, 0.2) is 0 Å². The third-order valence-electron chi connectivity index (χ3n) is 3.92. The van der Waals surface area contributed by atoms with Crippen LogP contribution in [0.1, 0.15) is 18.4 Å². The topological polar surface area (TPSA) is 79.5 Å². The highest BCUT2D eigenvalue weighted by molar-refractivity contribution is 5.84. The molecule has 3 N–H and O–H groups in total. The summed E-state index contributed by atoms with van der Waals surface area (Å²) in [7, 11) is 1.64. The summed E-state index contributed by atoms with van der Waals surface area (Å²) in [5.74, 6) is 2.81. The molecule has 0 aliphatic heterocycles. The van der Waals surface area contributed by atoms with Gasteiger partial charge in [-0.15, -0.1) is 6.42 Å². The SMILES string of the molecule is C#CCNC(=O)CNC(=O)NCC1(c2ccccc2OC)CC1. The molecule has 23 heavy (non-hydrogen) atoms. The minimum absolute atomic E-state index is 0.0737. The number of rotatable bonds is 7. The molecule has 1 aromatic carbocycles. The summed E-state index contributed by atoms with van der Waals surface area (Å²) in [6.07, 6.45) is 7.03. The number of nitrogens with one attached hydrogen (secondary N) is 3. The number of carbonyl (C=O) groups excluding carboxylic acids is 2. The first-order valence-electron chi connectivity index (χ1n) is 7.47. The molecule has 0 heterocycles. The fourth-order valence-corrected chi connectivity index (χ4v) is 2.46. The molecule has 0 saturated heterocycles. The van der Waals surface area contributed by atoms with Crippen LogP contribution in [0.4, 0.5) is 4.79 Å². The highest BCUT2D eigenvalue weighted by Crippen LogP contribution is 2.50. The summed E-state index contributed by atoms with van der Waals surface area (Å²) < 4.78 is 5.40. The van der Waals surface area contributed by atoms with Crippen LogP contribution < -0.4 is 20.7 Å². The number of methoxy groups -OCH3 is 1. The van der Waals surface area contributed by atoms with Gasteiger partial charge in [0.25, 0.3) is 0 Å². The van der Waals surface area contributed by atoms with Crippen molar-refractivity contribution in [2.24, 2.45) is 0 Å². The van der Waals surface area contributed by atoms with Crippen LogP contribution in [0, 0.1) is 12.3 Å². The minimum atomic E-state index is -0.373. The van der Waals surface area contributed by atoms with Crippen molar-refractivity contribution in [2.45, 2.75) is 18.3 Å². The average molecular weight is 315 g/mol. The average Bonchev–Trinajstić information content (AvgIpc) is 3.37. The summed E-state index contributed by atoms with van der Waals surface area (Å²) in [6, 6.07) is 7.47. The van der Waals surface area contributed by atoms with Crippen LogP contribution in [0.5, 0.6) is 5.75 Å². The molecule has 0 aromatic heterocycles. The number of para-hydroxylation sites is 1. The van der Waals surface area contributed by atoms with Gasteiger partial charge in [0.1, 0.15) is 5.75 Å². The van der Waals surface area contributed by atoms with Gasteiger partial charge in [-0.2, -0.15) is 0 Å². The maximum atomic E-state index is 11.8. The van der Waals surface area contributed by atoms with E-state index in [2.05, 4.69) is 21.9 Å². The van der Waals surface area contributed by atoms with E-state index in [0.717, 1.165) is 24.2 Å². The number of benzene rings is 1. The molecule has 1 aliphatic carbocycles. The van der Waals surface area contributed by atoms with Crippen molar-refractivity contribution in [1.29, 1.82) is 0 Å². The lowest BCUT2D eigenvalue weighted by Crippen LogP contribution is -2.44. The molecule has 1 aromatic rings. The fourth-order valence-electron chi connectivity index (χ4n) is 2.46. The zero-order valence-corrected chi connectivity index (χ0v) is 13.1. The molecular formula is C17H21N3O3. The van der Waals surface area contributed by atoms with Gasteiger partial charge >= 0.3 is 6.03 Å². The summed E-state index contributed by atoms with van der Waals surface area (Å²) in [5.41, 5.74) is 1.03. The van der Waals surface area contributed by atoms with Gasteiger partial charge in [-0.05, 0) is 18.9 Å². The van der Waals surface area contributed by atoms with E-state index < -0.39 is 0 Å². The molecule has 0 radical (unpaired) electrons. The molecule has 1 fully saturated rings. The van der Waals surface area contributed by atoms with E-state index in [4.69, 9.17) is 11.2 Å². The molecule has 122 valence electrons. The Hall–Kier alpha value is -2.68. The lowest BCUT2D eigenvalue weighted by Gasteiger charge is -2.19. The number of urea groups is 1. The van der Waals surface area contributed by atoms with Crippen molar-refractivity contribution in [1.82, 2.24) is 16.0 Å². The lowest BCUT2D eigenvalue weighted by atomic mass is 9.95. The largest absolute Gasteiger partial charge is 0.496 e. The van der Waals surface area contributed by atoms with Gasteiger partial charge in [-0.1, -0.05) is 24.1 Å². The first kappa shape index (κ1) is 16.7. The molecule has 0 atom stereocenters. The molecule has 6 nitrogen and oxygen atoms in total. The third kappa shape index (κ3) is 4.39. The molecule has 1 saturated carbocycles. The second-order valence-electron chi connectivity index (χ2n) is 5.50. The number of ether oxygens (including phenoxy) is 1. The minimum Gasteiger partial charge on any atom is -0.496 e. The molecule has 0 bridgehead atoms. The van der Waals surface area contributed by atoms with Crippen LogP contribution in [0.15, 0.2) is 24.3 Å². The van der Waals surface area contributed by atoms with E-state index >= 15 is 0 Å². The number of hydrogen-bond acceptors (Lipinski definition) is 3. The van der Waals surface area contributed by atoms with Gasteiger partial charge in [0.05, 0.1) is 20.2 Å². The number of hydrogen-bond donors (Lipinski definition) is 3. The molecule has 6 heteroatoms. The maximum absolute atomic E-state index is 11.8. The van der Waals surface area contributed by atoms with Gasteiger partial charge in [0.2, 0.25) is 5.91 Å². The quantitative estimate of drug-likeness (QED) is 0.651. The zero-order chi connectivity index (χ0) is 16.7. The van der Waals surface area contributed by atoms with Crippen molar-refractivity contribution < 1.29 is 14.3 Å². The Morgan fingerprint density at radius 1 is 1.26 bits per heavy atom. The van der Waals surface area contributed by atoms with E-state index in [-0.39, 0.29) is 30.4 Å². The molecule has 0 unspecified atom stereocenters. The summed E-state index contributed by atoms with van der Waals surface area (Å²) in [5, 5.41) is 7.81. The van der Waals surface area contributed by atoms with E-state index in [1.807, 2.05) is 24.3 Å². The standard InChI is InChI=1S/C17H21N3O3/c1-3-10-18-15(21)11-19-16(22)20-12-17(8-9-17)13-6-4-5-7-14(13)23-2/h1,4-7H,8-12H2,2H3,(H,18,21)(H2,19,20,22). The van der Waals surface area contributed by atoms with E-state index in [0.29, 0.717) is 6.54 Å². The Bertz CT molecular complexity index is 618. The first-order chi connectivity index (χ1) is 11.1. The monoisotopic (exact) mass is 315 g/mol. The fraction of sp³-hybridized carbons (Fsp3) is 0.412. The zero-order valence-electron chi connectivity index (χ0n) is 13.1. The summed E-state index contributed by atoms with van der Waals surface area (Å²) >= 11 is 0. The Morgan fingerprint density at radius 3 is 2.65 bits per heavy atom. The Morgan fingerprint density at radius 2 is 2.00 bits per heavy atom. The molecule has 3 amide bonds. The van der Waals surface area contributed by atoms with Crippen molar-refractivity contribution >= 4 is 11.9 Å². The molecule has 0 spiro atoms. The Kier molecular flexibility index (Phi) is 5.47. The number of carbonyl (C=O) groups is 2. The molecule has 1 aliphatic rings. The first-order valence-corrected chi connectivity index (χ1v) is 7.47. The van der Waals surface area contributed by atoms with Crippen LogP contribution >= 0.6 is 0 Å². The lowest BCUT2D eigenvalue weighted by molar-refractivity contribution is -0.119. The van der Waals surface area contributed by atoms with Gasteiger partial charge in [-0.25, -0.2) is 4.79 Å². The van der Waals surface area contributed by atoms with Gasteiger partial charge in [0, 0.05) is 17.5 Å². The van der Waals surface area contributed by atoms with Gasteiger partial charge in [-0.3, -0.25) is 4.79 Å². The summed E-state index contributed by atoms with van der Waals surface area (Å²) in [6.45, 7) is 0.555. The normalized spacial score (nSPS) is 14.3. The van der Waals surface area contributed by atoms with E-state index in [1.165, 1.54) is 0 Å². The van der Waals surface area contributed by atoms with Gasteiger partial charge < -0.3 is 20.7 Å². The predicted octanol–water partition coefficient (Wildman–Crippen LogP) is 0.775. The smallest absolute Gasteiger partial charge is 0.315 e. The van der Waals surface area contributed by atoms with Crippen LogP contribution in [0.3, 0.4) is 0 Å². The van der Waals surface area contributed by atoms with Crippen molar-refractivity contribution in [3.8, 4) is 18.1 Å². The Balaban J connectivity index is 1.82. The van der Waals surface area contributed by atoms with Crippen LogP contribution in [-0.2, 0) is 10.2 Å². The van der Waals surface area contributed by atoms with E-state index in [9.17, 15) is 9.59 Å². The maximum Gasteiger partial charge on any atom is 0.315 e. The van der Waals surface area contributed by atoms with Crippen LogP contribution in [-0.4, -0.2) is 38.7 Å². The molecule has 2 rings (SSSR count). The Labute approximate surface area is 136 Å². The highest BCUT2D eigenvalue weighted by atomic mass is 16.5. The van der Waals surface area contributed by atoms with E-state index in [1.54, 1.807) is 7.11 Å². The second-order valence-corrected chi connectivity index (χ2v) is 5.50. The van der Waals surface area contributed by atoms with Crippen LogP contribution in [0.25, 0.3) is 0 Å². The third-order valence-corrected chi connectivity index (χ3v) is 3.92. The number of amides is 3. The van der Waals surface area contributed by atoms with Crippen LogP contribution in [0.2, 0.25) is 0 Å². The highest BCUT2D eigenvalue weighted by Gasteiger charge is 2.46. The number of terminal acetylenes is 1. The second kappa shape index (κ2) is 7.54. The predicted molar refractivity (Wildman–Crippen MR) is 87.2 cm³/mol. The van der Waals surface area contributed by atoms with Crippen molar-refractivity contribution in [2.75, 3.05) is 26.7 Å². The summed E-state index contributed by atoms with van der Waals surface area (Å²) in [4.78, 5) is 23.2.